The number of nitrogens with zero attached hydrogens (tertiary/aromatic N) is 4. The van der Waals surface area contributed by atoms with Crippen molar-refractivity contribution in [3.8, 4) is 0 Å². The minimum Gasteiger partial charge on any atom is -0.354 e. The van der Waals surface area contributed by atoms with Crippen LogP contribution in [0.15, 0.2) is 24.7 Å². The van der Waals surface area contributed by atoms with Gasteiger partial charge in [0.1, 0.15) is 11.4 Å². The van der Waals surface area contributed by atoms with Crippen molar-refractivity contribution in [3.05, 3.63) is 41.7 Å². The Labute approximate surface area is 154 Å². The van der Waals surface area contributed by atoms with Crippen LogP contribution in [0.5, 0.6) is 0 Å². The summed E-state index contributed by atoms with van der Waals surface area (Å²) in [6, 6.07) is 4.00. The maximum atomic E-state index is 13.1. The zero-order valence-corrected chi connectivity index (χ0v) is 15.9. The number of likely N-dealkylation sites (tertiary alicyclic amines) is 1. The first-order chi connectivity index (χ1) is 12.4. The van der Waals surface area contributed by atoms with Crippen LogP contribution in [-0.2, 0) is 7.05 Å². The van der Waals surface area contributed by atoms with Crippen LogP contribution < -0.4 is 5.32 Å². The summed E-state index contributed by atoms with van der Waals surface area (Å²) in [6.07, 6.45) is 6.47. The third-order valence-corrected chi connectivity index (χ3v) is 5.14. The molecule has 1 N–H and O–H groups in total. The molecule has 7 nitrogen and oxygen atoms in total. The van der Waals surface area contributed by atoms with Crippen LogP contribution in [0.2, 0.25) is 0 Å². The van der Waals surface area contributed by atoms with Gasteiger partial charge in [0.15, 0.2) is 0 Å². The molecule has 0 aliphatic carbocycles. The summed E-state index contributed by atoms with van der Waals surface area (Å²) >= 11 is 0. The molecule has 2 aromatic rings. The Bertz CT molecular complexity index is 805. The van der Waals surface area contributed by atoms with E-state index in [4.69, 9.17) is 0 Å². The van der Waals surface area contributed by atoms with E-state index >= 15 is 0 Å². The monoisotopic (exact) mass is 357 g/mol. The molecule has 0 radical (unpaired) electrons. The quantitative estimate of drug-likeness (QED) is 0.914. The molecule has 7 heteroatoms. The maximum absolute atomic E-state index is 13.1. The summed E-state index contributed by atoms with van der Waals surface area (Å²) in [4.78, 5) is 31.3. The Morgan fingerprint density at radius 2 is 2.04 bits per heavy atom. The van der Waals surface area contributed by atoms with Crippen molar-refractivity contribution in [2.45, 2.75) is 45.2 Å². The second kappa shape index (κ2) is 7.35. The van der Waals surface area contributed by atoms with Gasteiger partial charge in [-0.25, -0.2) is 4.98 Å². The van der Waals surface area contributed by atoms with Gasteiger partial charge in [-0.1, -0.05) is 0 Å². The molecule has 2 amide bonds. The number of carbonyl (C=O) groups excluding carboxylic acids is 2. The molecule has 2 aromatic heterocycles. The van der Waals surface area contributed by atoms with Crippen LogP contribution in [0.1, 0.15) is 71.9 Å². The second-order valence-electron chi connectivity index (χ2n) is 7.09. The topological polar surface area (TPSA) is 72.2 Å². The van der Waals surface area contributed by atoms with Crippen molar-refractivity contribution in [2.24, 2.45) is 7.05 Å². The number of rotatable bonds is 4. The molecule has 1 aliphatic rings. The molecule has 1 saturated heterocycles. The Kier molecular flexibility index (Phi) is 5.15. The van der Waals surface area contributed by atoms with Crippen molar-refractivity contribution >= 4 is 11.8 Å². The number of piperidine rings is 1. The van der Waals surface area contributed by atoms with Crippen molar-refractivity contribution in [1.29, 1.82) is 0 Å². The normalized spacial score (nSPS) is 17.6. The molecule has 1 aliphatic heterocycles. The van der Waals surface area contributed by atoms with E-state index in [9.17, 15) is 9.59 Å². The summed E-state index contributed by atoms with van der Waals surface area (Å²) in [7, 11) is 3.50. The molecule has 140 valence electrons. The predicted octanol–water partition coefficient (Wildman–Crippen LogP) is 2.53. The largest absolute Gasteiger partial charge is 0.354 e. The smallest absolute Gasteiger partial charge is 0.274 e. The zero-order chi connectivity index (χ0) is 18.8. The van der Waals surface area contributed by atoms with E-state index in [1.54, 1.807) is 13.4 Å². The average Bonchev–Trinajstić information content (AvgIpc) is 3.28. The van der Waals surface area contributed by atoms with Gasteiger partial charge in [-0.3, -0.25) is 9.59 Å². The Morgan fingerprint density at radius 1 is 1.27 bits per heavy atom. The fraction of sp³-hybridized carbons (Fsp3) is 0.526. The minimum atomic E-state index is -0.122. The van der Waals surface area contributed by atoms with Crippen LogP contribution >= 0.6 is 0 Å². The lowest BCUT2D eigenvalue weighted by Crippen LogP contribution is -2.39. The molecule has 0 saturated carbocycles. The molecule has 0 bridgehead atoms. The van der Waals surface area contributed by atoms with Crippen LogP contribution in [-0.4, -0.2) is 44.4 Å². The van der Waals surface area contributed by atoms with Crippen molar-refractivity contribution in [1.82, 2.24) is 24.3 Å². The fourth-order valence-corrected chi connectivity index (χ4v) is 3.58. The zero-order valence-electron chi connectivity index (χ0n) is 15.9. The highest BCUT2D eigenvalue weighted by Crippen LogP contribution is 2.32. The molecule has 0 aromatic carbocycles. The van der Waals surface area contributed by atoms with Crippen LogP contribution in [0.25, 0.3) is 0 Å². The molecule has 1 unspecified atom stereocenters. The highest BCUT2D eigenvalue weighted by atomic mass is 16.2. The van der Waals surface area contributed by atoms with E-state index in [1.807, 2.05) is 39.4 Å². The molecule has 0 spiro atoms. The SMILES string of the molecule is CNC(=O)c1ccc(C2CCCCN2C(=O)c2cn(C(C)C)cn2)n1C. The van der Waals surface area contributed by atoms with Crippen molar-refractivity contribution in [3.63, 3.8) is 0 Å². The first-order valence-corrected chi connectivity index (χ1v) is 9.16. The van der Waals surface area contributed by atoms with E-state index in [1.165, 1.54) is 0 Å². The van der Waals surface area contributed by atoms with Crippen molar-refractivity contribution < 1.29 is 9.59 Å². The third-order valence-electron chi connectivity index (χ3n) is 5.14. The van der Waals surface area contributed by atoms with E-state index in [0.29, 0.717) is 17.9 Å². The Balaban J connectivity index is 1.89. The van der Waals surface area contributed by atoms with Gasteiger partial charge in [-0.05, 0) is 45.2 Å². The number of imidazole rings is 1. The Hall–Kier alpha value is -2.57. The van der Waals surface area contributed by atoms with Gasteiger partial charge in [0.25, 0.3) is 11.8 Å². The number of carbonyl (C=O) groups is 2. The lowest BCUT2D eigenvalue weighted by atomic mass is 9.99. The third kappa shape index (κ3) is 3.25. The molecule has 3 heterocycles. The lowest BCUT2D eigenvalue weighted by Gasteiger charge is -2.35. The van der Waals surface area contributed by atoms with E-state index < -0.39 is 0 Å². The lowest BCUT2D eigenvalue weighted by molar-refractivity contribution is 0.0596. The van der Waals surface area contributed by atoms with E-state index in [-0.39, 0.29) is 23.9 Å². The number of aromatic nitrogens is 3. The van der Waals surface area contributed by atoms with E-state index in [2.05, 4.69) is 24.1 Å². The fourth-order valence-electron chi connectivity index (χ4n) is 3.58. The highest BCUT2D eigenvalue weighted by molar-refractivity contribution is 5.93. The van der Waals surface area contributed by atoms with Gasteiger partial charge in [0.05, 0.1) is 12.4 Å². The van der Waals surface area contributed by atoms with Gasteiger partial charge in [0.2, 0.25) is 0 Å². The number of nitrogens with one attached hydrogen (secondary N) is 1. The maximum Gasteiger partial charge on any atom is 0.274 e. The average molecular weight is 357 g/mol. The van der Waals surface area contributed by atoms with Crippen molar-refractivity contribution in [2.75, 3.05) is 13.6 Å². The molecule has 3 rings (SSSR count). The number of amides is 2. The summed E-state index contributed by atoms with van der Waals surface area (Å²) < 4.78 is 3.83. The minimum absolute atomic E-state index is 0.0381. The van der Waals surface area contributed by atoms with Gasteiger partial charge < -0.3 is 19.4 Å². The molecular formula is C19H27N5O2. The first kappa shape index (κ1) is 18.2. The molecule has 1 fully saturated rings. The van der Waals surface area contributed by atoms with Crippen LogP contribution in [0.4, 0.5) is 0 Å². The highest BCUT2D eigenvalue weighted by Gasteiger charge is 2.32. The summed E-state index contributed by atoms with van der Waals surface area (Å²) in [5.41, 5.74) is 2.07. The molecular weight excluding hydrogens is 330 g/mol. The van der Waals surface area contributed by atoms with Crippen LogP contribution in [0.3, 0.4) is 0 Å². The van der Waals surface area contributed by atoms with Crippen LogP contribution in [0, 0.1) is 0 Å². The number of hydrogen-bond donors (Lipinski definition) is 1. The standard InChI is InChI=1S/C19H27N5O2/c1-13(2)23-11-14(21-12-23)19(26)24-10-6-5-7-16(24)15-8-9-17(22(15)4)18(25)20-3/h8-9,11-13,16H,5-7,10H2,1-4H3,(H,20,25). The van der Waals surface area contributed by atoms with Gasteiger partial charge in [-0.15, -0.1) is 0 Å². The Morgan fingerprint density at radius 3 is 2.69 bits per heavy atom. The van der Waals surface area contributed by atoms with Gasteiger partial charge in [-0.2, -0.15) is 0 Å². The first-order valence-electron chi connectivity index (χ1n) is 9.16. The second-order valence-corrected chi connectivity index (χ2v) is 7.09. The summed E-state index contributed by atoms with van der Waals surface area (Å²) in [5.74, 6) is -0.167. The number of hydrogen-bond acceptors (Lipinski definition) is 3. The van der Waals surface area contributed by atoms with E-state index in [0.717, 1.165) is 25.0 Å². The molecule has 1 atom stereocenters. The predicted molar refractivity (Wildman–Crippen MR) is 99.0 cm³/mol. The summed E-state index contributed by atoms with van der Waals surface area (Å²) in [6.45, 7) is 4.83. The van der Waals surface area contributed by atoms with Gasteiger partial charge >= 0.3 is 0 Å². The van der Waals surface area contributed by atoms with Gasteiger partial charge in [0, 0.05) is 38.6 Å². The summed E-state index contributed by atoms with van der Waals surface area (Å²) in [5, 5.41) is 2.66. The molecule has 26 heavy (non-hydrogen) atoms.